The van der Waals surface area contributed by atoms with Crippen LogP contribution in [0.25, 0.3) is 10.2 Å². The predicted octanol–water partition coefficient (Wildman–Crippen LogP) is 4.66. The molecule has 1 atom stereocenters. The van der Waals surface area contributed by atoms with Gasteiger partial charge in [-0.15, -0.1) is 11.3 Å². The highest BCUT2D eigenvalue weighted by Gasteiger charge is 2.24. The maximum atomic E-state index is 6.22. The molecule has 0 aliphatic carbocycles. The van der Waals surface area contributed by atoms with Crippen LogP contribution in [0.2, 0.25) is 5.02 Å². The zero-order valence-electron chi connectivity index (χ0n) is 10.1. The van der Waals surface area contributed by atoms with Gasteiger partial charge in [0.15, 0.2) is 0 Å². The summed E-state index contributed by atoms with van der Waals surface area (Å²) in [7, 11) is 0. The van der Waals surface area contributed by atoms with Crippen LogP contribution in [-0.2, 0) is 6.42 Å². The zero-order chi connectivity index (χ0) is 12.8. The molecule has 1 aromatic heterocycles. The molecule has 4 rings (SSSR count). The topological polar surface area (TPSA) is 24.9 Å². The predicted molar refractivity (Wildman–Crippen MR) is 81.1 cm³/mol. The number of rotatable bonds is 1. The van der Waals surface area contributed by atoms with E-state index in [1.165, 1.54) is 11.3 Å². The van der Waals surface area contributed by atoms with Crippen LogP contribution in [0.5, 0.6) is 0 Å². The van der Waals surface area contributed by atoms with Gasteiger partial charge in [-0.3, -0.25) is 0 Å². The Morgan fingerprint density at radius 3 is 2.89 bits per heavy atom. The van der Waals surface area contributed by atoms with Crippen molar-refractivity contribution in [3.63, 3.8) is 0 Å². The Hall–Kier alpha value is -1.58. The molecular formula is C15H11ClN2S. The molecule has 0 bridgehead atoms. The second kappa shape index (κ2) is 4.22. The molecule has 0 saturated carbocycles. The number of fused-ring (bicyclic) bond motifs is 2. The fourth-order valence-corrected chi connectivity index (χ4v) is 3.84. The molecule has 1 N–H and O–H groups in total. The number of halogens is 1. The van der Waals surface area contributed by atoms with E-state index in [9.17, 15) is 0 Å². The Morgan fingerprint density at radius 1 is 1.16 bits per heavy atom. The molecule has 0 amide bonds. The highest BCUT2D eigenvalue weighted by molar-refractivity contribution is 7.19. The molecule has 1 aliphatic rings. The number of nitrogens with zero attached hydrogens (tertiary/aromatic N) is 1. The first kappa shape index (κ1) is 11.3. The minimum atomic E-state index is 0.269. The molecule has 0 radical (unpaired) electrons. The van der Waals surface area contributed by atoms with Crippen LogP contribution in [0.3, 0.4) is 0 Å². The quantitative estimate of drug-likeness (QED) is 0.704. The van der Waals surface area contributed by atoms with Crippen LogP contribution in [0.4, 0.5) is 5.69 Å². The third-order valence-corrected chi connectivity index (χ3v) is 5.10. The first-order valence-electron chi connectivity index (χ1n) is 6.20. The molecule has 2 nitrogen and oxygen atoms in total. The van der Waals surface area contributed by atoms with E-state index in [1.54, 1.807) is 11.3 Å². The number of anilines is 1. The Morgan fingerprint density at radius 2 is 2.05 bits per heavy atom. The van der Waals surface area contributed by atoms with Crippen molar-refractivity contribution in [1.82, 2.24) is 4.98 Å². The fourth-order valence-electron chi connectivity index (χ4n) is 2.53. The maximum Gasteiger partial charge on any atom is 0.117 e. The van der Waals surface area contributed by atoms with Crippen LogP contribution in [-0.4, -0.2) is 4.98 Å². The standard InChI is InChI=1S/C15H11ClN2S/c16-10-5-3-7-12-14(10)19-15(18-12)13-8-9-4-1-2-6-11(9)17-13/h1-7,13,17H,8H2. The minimum absolute atomic E-state index is 0.269. The third-order valence-electron chi connectivity index (χ3n) is 3.45. The molecule has 3 aromatic rings. The molecule has 0 fully saturated rings. The van der Waals surface area contributed by atoms with Crippen molar-refractivity contribution in [2.75, 3.05) is 5.32 Å². The lowest BCUT2D eigenvalue weighted by molar-refractivity contribution is 0.816. The molecule has 19 heavy (non-hydrogen) atoms. The number of hydrogen-bond acceptors (Lipinski definition) is 3. The second-order valence-corrected chi connectivity index (χ2v) is 6.14. The number of para-hydroxylation sites is 1. The Balaban J connectivity index is 1.75. The van der Waals surface area contributed by atoms with Crippen LogP contribution in [0.15, 0.2) is 42.5 Å². The van der Waals surface area contributed by atoms with Gasteiger partial charge < -0.3 is 5.32 Å². The highest BCUT2D eigenvalue weighted by Crippen LogP contribution is 2.38. The lowest BCUT2D eigenvalue weighted by Crippen LogP contribution is -2.04. The van der Waals surface area contributed by atoms with Gasteiger partial charge in [0.1, 0.15) is 5.01 Å². The van der Waals surface area contributed by atoms with Crippen molar-refractivity contribution < 1.29 is 0 Å². The van der Waals surface area contributed by atoms with Crippen LogP contribution < -0.4 is 5.32 Å². The maximum absolute atomic E-state index is 6.22. The summed E-state index contributed by atoms with van der Waals surface area (Å²) in [6, 6.07) is 14.6. The van der Waals surface area contributed by atoms with Gasteiger partial charge in [0.05, 0.1) is 21.3 Å². The van der Waals surface area contributed by atoms with Crippen LogP contribution in [0.1, 0.15) is 16.6 Å². The summed E-state index contributed by atoms with van der Waals surface area (Å²) in [4.78, 5) is 4.71. The summed E-state index contributed by atoms with van der Waals surface area (Å²) in [5, 5.41) is 5.44. The fraction of sp³-hybridized carbons (Fsp3) is 0.133. The van der Waals surface area contributed by atoms with Gasteiger partial charge in [-0.05, 0) is 23.8 Å². The van der Waals surface area contributed by atoms with E-state index in [1.807, 2.05) is 18.2 Å². The Kier molecular flexibility index (Phi) is 2.50. The van der Waals surface area contributed by atoms with Crippen molar-refractivity contribution in [1.29, 1.82) is 0 Å². The van der Waals surface area contributed by atoms with Crippen LogP contribution in [0, 0.1) is 0 Å². The van der Waals surface area contributed by atoms with E-state index in [0.29, 0.717) is 0 Å². The highest BCUT2D eigenvalue weighted by atomic mass is 35.5. The summed E-state index contributed by atoms with van der Waals surface area (Å²) < 4.78 is 1.08. The Bertz CT molecular complexity index is 741. The van der Waals surface area contributed by atoms with Crippen LogP contribution >= 0.6 is 22.9 Å². The van der Waals surface area contributed by atoms with E-state index < -0.39 is 0 Å². The zero-order valence-corrected chi connectivity index (χ0v) is 11.6. The first-order chi connectivity index (χ1) is 9.31. The normalized spacial score (nSPS) is 17.4. The molecule has 1 aliphatic heterocycles. The third kappa shape index (κ3) is 1.81. The summed E-state index contributed by atoms with van der Waals surface area (Å²) in [6.45, 7) is 0. The van der Waals surface area contributed by atoms with Gasteiger partial charge in [0.25, 0.3) is 0 Å². The van der Waals surface area contributed by atoms with E-state index in [-0.39, 0.29) is 6.04 Å². The molecule has 94 valence electrons. The summed E-state index contributed by atoms with van der Waals surface area (Å²) >= 11 is 7.90. The molecule has 2 aromatic carbocycles. The average molecular weight is 287 g/mol. The number of aromatic nitrogens is 1. The van der Waals surface area contributed by atoms with Crippen molar-refractivity contribution >= 4 is 38.8 Å². The van der Waals surface area contributed by atoms with Gasteiger partial charge in [-0.1, -0.05) is 35.9 Å². The SMILES string of the molecule is Clc1cccc2nc(C3Cc4ccccc4N3)sc12. The lowest BCUT2D eigenvalue weighted by Gasteiger charge is -2.06. The molecule has 4 heteroatoms. The minimum Gasteiger partial charge on any atom is -0.375 e. The largest absolute Gasteiger partial charge is 0.375 e. The molecule has 0 spiro atoms. The summed E-state index contributed by atoms with van der Waals surface area (Å²) in [5.41, 5.74) is 3.57. The lowest BCUT2D eigenvalue weighted by atomic mass is 10.1. The van der Waals surface area contributed by atoms with Gasteiger partial charge in [0, 0.05) is 12.1 Å². The number of thiazole rings is 1. The Labute approximate surface area is 120 Å². The summed E-state index contributed by atoms with van der Waals surface area (Å²) in [5.74, 6) is 0. The average Bonchev–Trinajstić information content (AvgIpc) is 3.02. The van der Waals surface area contributed by atoms with E-state index in [0.717, 1.165) is 26.7 Å². The number of benzene rings is 2. The monoisotopic (exact) mass is 286 g/mol. The van der Waals surface area contributed by atoms with E-state index >= 15 is 0 Å². The second-order valence-electron chi connectivity index (χ2n) is 4.70. The van der Waals surface area contributed by atoms with Crippen molar-refractivity contribution in [3.8, 4) is 0 Å². The molecular weight excluding hydrogens is 276 g/mol. The van der Waals surface area contributed by atoms with Gasteiger partial charge >= 0.3 is 0 Å². The van der Waals surface area contributed by atoms with Crippen molar-refractivity contribution in [2.45, 2.75) is 12.5 Å². The van der Waals surface area contributed by atoms with E-state index in [4.69, 9.17) is 16.6 Å². The van der Waals surface area contributed by atoms with Crippen molar-refractivity contribution in [3.05, 3.63) is 58.1 Å². The number of nitrogens with one attached hydrogen (secondary N) is 1. The first-order valence-corrected chi connectivity index (χ1v) is 7.40. The van der Waals surface area contributed by atoms with Gasteiger partial charge in [0.2, 0.25) is 0 Å². The van der Waals surface area contributed by atoms with Gasteiger partial charge in [-0.2, -0.15) is 0 Å². The number of hydrogen-bond donors (Lipinski definition) is 1. The molecule has 2 heterocycles. The van der Waals surface area contributed by atoms with Gasteiger partial charge in [-0.25, -0.2) is 4.98 Å². The molecule has 1 unspecified atom stereocenters. The van der Waals surface area contributed by atoms with Crippen molar-refractivity contribution in [2.24, 2.45) is 0 Å². The summed E-state index contributed by atoms with van der Waals surface area (Å²) in [6.07, 6.45) is 0.994. The molecule has 0 saturated heterocycles. The smallest absolute Gasteiger partial charge is 0.117 e. The van der Waals surface area contributed by atoms with E-state index in [2.05, 4.69) is 29.6 Å².